The quantitative estimate of drug-likeness (QED) is 0.760. The van der Waals surface area contributed by atoms with Crippen LogP contribution in [0.4, 0.5) is 0 Å². The van der Waals surface area contributed by atoms with Gasteiger partial charge in [-0.25, -0.2) is 0 Å². The molecule has 0 saturated heterocycles. The molecule has 1 aromatic rings. The number of hydrogen-bond donors (Lipinski definition) is 1. The van der Waals surface area contributed by atoms with Crippen molar-refractivity contribution < 1.29 is 4.79 Å². The van der Waals surface area contributed by atoms with Crippen LogP contribution in [0.5, 0.6) is 0 Å². The van der Waals surface area contributed by atoms with Crippen LogP contribution in [0, 0.1) is 0 Å². The van der Waals surface area contributed by atoms with Crippen molar-refractivity contribution in [2.75, 3.05) is 12.4 Å². The van der Waals surface area contributed by atoms with Crippen LogP contribution in [0.15, 0.2) is 30.3 Å². The average Bonchev–Trinajstić information content (AvgIpc) is 2.26. The molecule has 2 nitrogen and oxygen atoms in total. The van der Waals surface area contributed by atoms with Crippen molar-refractivity contribution in [1.82, 2.24) is 5.32 Å². The molecule has 0 saturated carbocycles. The van der Waals surface area contributed by atoms with E-state index in [0.29, 0.717) is 12.5 Å². The molecule has 0 fully saturated rings. The number of carbonyl (C=O) groups excluding carboxylic acids is 1. The molecule has 1 N–H and O–H groups in total. The normalized spacial score (nSPS) is 12.1. The zero-order valence-corrected chi connectivity index (χ0v) is 8.92. The van der Waals surface area contributed by atoms with Gasteiger partial charge in [-0.1, -0.05) is 37.3 Å². The molecule has 1 amide bonds. The highest BCUT2D eigenvalue weighted by atomic mass is 35.5. The first kappa shape index (κ1) is 11.1. The zero-order valence-electron chi connectivity index (χ0n) is 8.16. The first-order valence-corrected chi connectivity index (χ1v) is 5.15. The summed E-state index contributed by atoms with van der Waals surface area (Å²) < 4.78 is 0. The third-order valence-electron chi connectivity index (χ3n) is 2.10. The van der Waals surface area contributed by atoms with E-state index in [2.05, 4.69) is 24.4 Å². The topological polar surface area (TPSA) is 29.1 Å². The van der Waals surface area contributed by atoms with Gasteiger partial charge in [0.05, 0.1) is 0 Å². The molecule has 0 heterocycles. The van der Waals surface area contributed by atoms with E-state index in [1.165, 1.54) is 5.56 Å². The van der Waals surface area contributed by atoms with Gasteiger partial charge in [-0.15, -0.1) is 11.6 Å². The molecule has 0 bridgehead atoms. The Morgan fingerprint density at radius 2 is 2.07 bits per heavy atom. The predicted octanol–water partition coefficient (Wildman–Crippen LogP) is 2.15. The van der Waals surface area contributed by atoms with Gasteiger partial charge in [0.1, 0.15) is 5.88 Å². The van der Waals surface area contributed by atoms with E-state index in [4.69, 9.17) is 11.6 Å². The lowest BCUT2D eigenvalue weighted by Crippen LogP contribution is -2.28. The maximum atomic E-state index is 10.9. The second-order valence-electron chi connectivity index (χ2n) is 3.25. The lowest BCUT2D eigenvalue weighted by molar-refractivity contribution is -0.118. The largest absolute Gasteiger partial charge is 0.354 e. The molecule has 0 spiro atoms. The molecular weight excluding hydrogens is 198 g/mol. The monoisotopic (exact) mass is 211 g/mol. The number of amides is 1. The van der Waals surface area contributed by atoms with Crippen molar-refractivity contribution in [2.24, 2.45) is 0 Å². The molecule has 0 radical (unpaired) electrons. The van der Waals surface area contributed by atoms with E-state index >= 15 is 0 Å². The minimum absolute atomic E-state index is 0.0293. The number of benzene rings is 1. The Labute approximate surface area is 89.3 Å². The highest BCUT2D eigenvalue weighted by Gasteiger charge is 2.05. The molecule has 0 unspecified atom stereocenters. The minimum atomic E-state index is -0.116. The smallest absolute Gasteiger partial charge is 0.234 e. The van der Waals surface area contributed by atoms with Gasteiger partial charge < -0.3 is 5.32 Å². The van der Waals surface area contributed by atoms with Gasteiger partial charge in [0.25, 0.3) is 0 Å². The second kappa shape index (κ2) is 5.66. The van der Waals surface area contributed by atoms with Gasteiger partial charge in [-0.2, -0.15) is 0 Å². The maximum absolute atomic E-state index is 10.9. The molecule has 1 aromatic carbocycles. The Morgan fingerprint density at radius 1 is 1.43 bits per heavy atom. The standard InChI is InChI=1S/C11H14ClNO/c1-9(8-13-11(14)7-12)10-5-3-2-4-6-10/h2-6,9H,7-8H2,1H3,(H,13,14)/t9-/m1/s1. The number of hydrogen-bond acceptors (Lipinski definition) is 1. The summed E-state index contributed by atoms with van der Waals surface area (Å²) in [5, 5.41) is 2.76. The zero-order chi connectivity index (χ0) is 10.4. The van der Waals surface area contributed by atoms with Gasteiger partial charge in [-0.05, 0) is 11.5 Å². The Bertz CT molecular complexity index is 287. The van der Waals surface area contributed by atoms with Crippen molar-refractivity contribution in [2.45, 2.75) is 12.8 Å². The fourth-order valence-corrected chi connectivity index (χ4v) is 1.31. The SMILES string of the molecule is C[C@H](CNC(=O)CCl)c1ccccc1. The molecule has 1 atom stereocenters. The Morgan fingerprint density at radius 3 is 2.64 bits per heavy atom. The summed E-state index contributed by atoms with van der Waals surface area (Å²) in [5.41, 5.74) is 1.22. The molecule has 3 heteroatoms. The fourth-order valence-electron chi connectivity index (χ4n) is 1.21. The molecule has 1 rings (SSSR count). The molecule has 0 aromatic heterocycles. The van der Waals surface area contributed by atoms with Gasteiger partial charge >= 0.3 is 0 Å². The first-order chi connectivity index (χ1) is 6.74. The molecule has 0 aliphatic rings. The molecule has 0 aliphatic heterocycles. The van der Waals surface area contributed by atoms with E-state index in [0.717, 1.165) is 0 Å². The van der Waals surface area contributed by atoms with Crippen molar-refractivity contribution in [1.29, 1.82) is 0 Å². The molecule has 0 aliphatic carbocycles. The number of rotatable bonds is 4. The highest BCUT2D eigenvalue weighted by Crippen LogP contribution is 2.12. The summed E-state index contributed by atoms with van der Waals surface area (Å²) in [6.07, 6.45) is 0. The summed E-state index contributed by atoms with van der Waals surface area (Å²) in [6.45, 7) is 2.71. The van der Waals surface area contributed by atoms with Gasteiger partial charge in [0.15, 0.2) is 0 Å². The van der Waals surface area contributed by atoms with Crippen LogP contribution in [0.3, 0.4) is 0 Å². The van der Waals surface area contributed by atoms with Crippen LogP contribution in [-0.2, 0) is 4.79 Å². The van der Waals surface area contributed by atoms with Crippen LogP contribution in [0.1, 0.15) is 18.4 Å². The molecule has 76 valence electrons. The molecular formula is C11H14ClNO. The van der Waals surface area contributed by atoms with Crippen LogP contribution in [0.25, 0.3) is 0 Å². The Balaban J connectivity index is 2.43. The number of alkyl halides is 1. The molecule has 14 heavy (non-hydrogen) atoms. The van der Waals surface area contributed by atoms with Crippen LogP contribution in [-0.4, -0.2) is 18.3 Å². The van der Waals surface area contributed by atoms with E-state index in [9.17, 15) is 4.79 Å². The van der Waals surface area contributed by atoms with Crippen LogP contribution < -0.4 is 5.32 Å². The van der Waals surface area contributed by atoms with E-state index in [-0.39, 0.29) is 11.8 Å². The van der Waals surface area contributed by atoms with E-state index in [1.54, 1.807) is 0 Å². The van der Waals surface area contributed by atoms with E-state index in [1.807, 2.05) is 18.2 Å². The summed E-state index contributed by atoms with van der Waals surface area (Å²) in [5.74, 6) is 0.236. The van der Waals surface area contributed by atoms with Crippen molar-refractivity contribution in [3.63, 3.8) is 0 Å². The van der Waals surface area contributed by atoms with E-state index < -0.39 is 0 Å². The summed E-state index contributed by atoms with van der Waals surface area (Å²) in [6, 6.07) is 10.1. The first-order valence-electron chi connectivity index (χ1n) is 4.61. The third-order valence-corrected chi connectivity index (χ3v) is 2.34. The third kappa shape index (κ3) is 3.38. The van der Waals surface area contributed by atoms with Gasteiger partial charge in [0.2, 0.25) is 5.91 Å². The lowest BCUT2D eigenvalue weighted by Gasteiger charge is -2.11. The van der Waals surface area contributed by atoms with Crippen LogP contribution in [0.2, 0.25) is 0 Å². The fraction of sp³-hybridized carbons (Fsp3) is 0.364. The highest BCUT2D eigenvalue weighted by molar-refractivity contribution is 6.27. The minimum Gasteiger partial charge on any atom is -0.354 e. The Hall–Kier alpha value is -1.02. The lowest BCUT2D eigenvalue weighted by atomic mass is 10.0. The maximum Gasteiger partial charge on any atom is 0.234 e. The number of carbonyl (C=O) groups is 1. The van der Waals surface area contributed by atoms with Crippen molar-refractivity contribution in [3.8, 4) is 0 Å². The number of halogens is 1. The summed E-state index contributed by atoms with van der Waals surface area (Å²) in [7, 11) is 0. The van der Waals surface area contributed by atoms with Crippen molar-refractivity contribution >= 4 is 17.5 Å². The van der Waals surface area contributed by atoms with Gasteiger partial charge in [0, 0.05) is 6.54 Å². The Kier molecular flexibility index (Phi) is 4.47. The van der Waals surface area contributed by atoms with Gasteiger partial charge in [-0.3, -0.25) is 4.79 Å². The second-order valence-corrected chi connectivity index (χ2v) is 3.52. The van der Waals surface area contributed by atoms with Crippen LogP contribution >= 0.6 is 11.6 Å². The predicted molar refractivity (Wildman–Crippen MR) is 58.6 cm³/mol. The average molecular weight is 212 g/mol. The summed E-state index contributed by atoms with van der Waals surface area (Å²) in [4.78, 5) is 10.9. The summed E-state index contributed by atoms with van der Waals surface area (Å²) >= 11 is 5.37. The number of nitrogens with one attached hydrogen (secondary N) is 1. The van der Waals surface area contributed by atoms with Crippen molar-refractivity contribution in [3.05, 3.63) is 35.9 Å².